The normalized spacial score (nSPS) is 11.0. The van der Waals surface area contributed by atoms with E-state index in [1.165, 1.54) is 30.7 Å². The fraction of sp³-hybridized carbons (Fsp3) is 0.200. The number of thiazole rings is 1. The number of ether oxygens (including phenoxy) is 2. The summed E-state index contributed by atoms with van der Waals surface area (Å²) in [6, 6.07) is 4.59. The van der Waals surface area contributed by atoms with Crippen LogP contribution < -0.4 is 14.8 Å². The number of hydrogen-bond donors (Lipinski definition) is 1. The van der Waals surface area contributed by atoms with Crippen LogP contribution in [-0.4, -0.2) is 31.7 Å². The molecule has 0 aliphatic heterocycles. The second-order valence-electron chi connectivity index (χ2n) is 4.26. The third kappa shape index (κ3) is 4.49. The van der Waals surface area contributed by atoms with E-state index in [1.807, 2.05) is 0 Å². The Balaban J connectivity index is 2.16. The molecule has 1 amide bonds. The SMILES string of the molecule is CNC(=O)c1cnc(C=Cc2ccc(OC(F)F)c(OC)c2)s1. The van der Waals surface area contributed by atoms with Gasteiger partial charge < -0.3 is 14.8 Å². The molecule has 2 rings (SSSR count). The Morgan fingerprint density at radius 2 is 2.13 bits per heavy atom. The third-order valence-corrected chi connectivity index (χ3v) is 3.76. The Morgan fingerprint density at radius 3 is 2.78 bits per heavy atom. The van der Waals surface area contributed by atoms with Crippen molar-refractivity contribution in [2.24, 2.45) is 0 Å². The van der Waals surface area contributed by atoms with Crippen molar-refractivity contribution in [3.8, 4) is 11.5 Å². The van der Waals surface area contributed by atoms with Crippen LogP contribution in [0.5, 0.6) is 11.5 Å². The quantitative estimate of drug-likeness (QED) is 0.877. The van der Waals surface area contributed by atoms with E-state index in [9.17, 15) is 13.6 Å². The van der Waals surface area contributed by atoms with E-state index in [4.69, 9.17) is 4.74 Å². The van der Waals surface area contributed by atoms with Crippen LogP contribution in [0.25, 0.3) is 12.2 Å². The minimum absolute atomic E-state index is 0.0317. The smallest absolute Gasteiger partial charge is 0.387 e. The number of amides is 1. The van der Waals surface area contributed by atoms with Crippen molar-refractivity contribution in [3.63, 3.8) is 0 Å². The Morgan fingerprint density at radius 1 is 1.35 bits per heavy atom. The van der Waals surface area contributed by atoms with Crippen LogP contribution in [0.3, 0.4) is 0 Å². The van der Waals surface area contributed by atoms with E-state index >= 15 is 0 Å². The number of rotatable bonds is 6. The first-order chi connectivity index (χ1) is 11.0. The maximum absolute atomic E-state index is 12.3. The largest absolute Gasteiger partial charge is 0.493 e. The molecule has 23 heavy (non-hydrogen) atoms. The number of benzene rings is 1. The molecule has 0 radical (unpaired) electrons. The predicted octanol–water partition coefficient (Wildman–Crippen LogP) is 3.28. The first kappa shape index (κ1) is 16.9. The fourth-order valence-corrected chi connectivity index (χ4v) is 2.51. The highest BCUT2D eigenvalue weighted by Gasteiger charge is 2.10. The van der Waals surface area contributed by atoms with E-state index in [2.05, 4.69) is 15.0 Å². The number of methoxy groups -OCH3 is 1. The summed E-state index contributed by atoms with van der Waals surface area (Å²) in [7, 11) is 2.92. The summed E-state index contributed by atoms with van der Waals surface area (Å²) in [5.41, 5.74) is 0.722. The number of hydrogen-bond acceptors (Lipinski definition) is 5. The Labute approximate surface area is 135 Å². The van der Waals surface area contributed by atoms with Crippen molar-refractivity contribution in [1.29, 1.82) is 0 Å². The molecule has 0 unspecified atom stereocenters. The van der Waals surface area contributed by atoms with Crippen LogP contribution in [-0.2, 0) is 0 Å². The van der Waals surface area contributed by atoms with E-state index in [-0.39, 0.29) is 17.4 Å². The lowest BCUT2D eigenvalue weighted by Crippen LogP contribution is -2.16. The molecule has 1 heterocycles. The van der Waals surface area contributed by atoms with Gasteiger partial charge >= 0.3 is 6.61 Å². The van der Waals surface area contributed by atoms with Crippen molar-refractivity contribution >= 4 is 29.4 Å². The van der Waals surface area contributed by atoms with Gasteiger partial charge in [-0.1, -0.05) is 12.1 Å². The van der Waals surface area contributed by atoms with Gasteiger partial charge in [-0.15, -0.1) is 11.3 Å². The zero-order valence-corrected chi connectivity index (χ0v) is 13.2. The molecule has 1 aromatic heterocycles. The average molecular weight is 340 g/mol. The van der Waals surface area contributed by atoms with E-state index in [1.54, 1.807) is 31.3 Å². The molecule has 1 aromatic carbocycles. The molecule has 0 saturated heterocycles. The van der Waals surface area contributed by atoms with Crippen LogP contribution in [0, 0.1) is 0 Å². The number of nitrogens with one attached hydrogen (secondary N) is 1. The number of carbonyl (C=O) groups excluding carboxylic acids is 1. The van der Waals surface area contributed by atoms with Gasteiger partial charge in [-0.25, -0.2) is 4.98 Å². The zero-order valence-electron chi connectivity index (χ0n) is 12.4. The van der Waals surface area contributed by atoms with Gasteiger partial charge in [0.1, 0.15) is 9.88 Å². The van der Waals surface area contributed by atoms with Gasteiger partial charge in [0.05, 0.1) is 13.3 Å². The highest BCUT2D eigenvalue weighted by Crippen LogP contribution is 2.30. The van der Waals surface area contributed by atoms with Crippen LogP contribution in [0.4, 0.5) is 8.78 Å². The summed E-state index contributed by atoms with van der Waals surface area (Å²) >= 11 is 1.24. The molecule has 122 valence electrons. The van der Waals surface area contributed by atoms with Gasteiger partial charge in [0, 0.05) is 7.05 Å². The van der Waals surface area contributed by atoms with Crippen molar-refractivity contribution < 1.29 is 23.0 Å². The van der Waals surface area contributed by atoms with Crippen LogP contribution in [0.2, 0.25) is 0 Å². The first-order valence-electron chi connectivity index (χ1n) is 6.52. The maximum Gasteiger partial charge on any atom is 0.387 e. The van der Waals surface area contributed by atoms with Gasteiger partial charge in [0.2, 0.25) is 0 Å². The van der Waals surface area contributed by atoms with E-state index in [0.717, 1.165) is 5.56 Å². The minimum Gasteiger partial charge on any atom is -0.493 e. The predicted molar refractivity (Wildman–Crippen MR) is 84.1 cm³/mol. The molecule has 0 bridgehead atoms. The van der Waals surface area contributed by atoms with Gasteiger partial charge in [-0.05, 0) is 23.8 Å². The molecule has 8 heteroatoms. The van der Waals surface area contributed by atoms with Crippen LogP contribution in [0.1, 0.15) is 20.2 Å². The van der Waals surface area contributed by atoms with Gasteiger partial charge in [-0.2, -0.15) is 8.78 Å². The monoisotopic (exact) mass is 340 g/mol. The molecule has 0 saturated carbocycles. The molecule has 2 aromatic rings. The molecule has 0 fully saturated rings. The number of nitrogens with zero attached hydrogens (tertiary/aromatic N) is 1. The average Bonchev–Trinajstić information content (AvgIpc) is 3.01. The van der Waals surface area contributed by atoms with Gasteiger partial charge in [0.15, 0.2) is 11.5 Å². The van der Waals surface area contributed by atoms with Gasteiger partial charge in [0.25, 0.3) is 5.91 Å². The molecule has 5 nitrogen and oxygen atoms in total. The van der Waals surface area contributed by atoms with Crippen molar-refractivity contribution in [3.05, 3.63) is 39.8 Å². The number of alkyl halides is 2. The minimum atomic E-state index is -2.91. The first-order valence-corrected chi connectivity index (χ1v) is 7.34. The summed E-state index contributed by atoms with van der Waals surface area (Å²) in [6.45, 7) is -2.91. The second-order valence-corrected chi connectivity index (χ2v) is 5.33. The highest BCUT2D eigenvalue weighted by molar-refractivity contribution is 7.14. The van der Waals surface area contributed by atoms with E-state index in [0.29, 0.717) is 9.88 Å². The number of aromatic nitrogens is 1. The zero-order chi connectivity index (χ0) is 16.8. The molecule has 0 spiro atoms. The highest BCUT2D eigenvalue weighted by atomic mass is 32.1. The Hall–Kier alpha value is -2.48. The lowest BCUT2D eigenvalue weighted by atomic mass is 10.2. The summed E-state index contributed by atoms with van der Waals surface area (Å²) in [5.74, 6) is -0.0224. The summed E-state index contributed by atoms with van der Waals surface area (Å²) < 4.78 is 33.9. The Kier molecular flexibility index (Phi) is 5.64. The molecule has 0 aliphatic carbocycles. The van der Waals surface area contributed by atoms with Crippen molar-refractivity contribution in [1.82, 2.24) is 10.3 Å². The van der Waals surface area contributed by atoms with Crippen molar-refractivity contribution in [2.45, 2.75) is 6.61 Å². The van der Waals surface area contributed by atoms with Crippen LogP contribution >= 0.6 is 11.3 Å². The fourth-order valence-electron chi connectivity index (χ4n) is 1.74. The molecule has 0 aliphatic rings. The summed E-state index contributed by atoms with van der Waals surface area (Å²) in [6.07, 6.45) is 4.95. The lowest BCUT2D eigenvalue weighted by molar-refractivity contribution is -0.0512. The Bertz CT molecular complexity index is 716. The standard InChI is InChI=1S/C15H14F2N2O3S/c1-18-14(20)12-8-19-13(23-12)6-4-9-3-5-10(22-15(16)17)11(7-9)21-2/h3-8,15H,1-2H3,(H,18,20). The molecular weight excluding hydrogens is 326 g/mol. The van der Waals surface area contributed by atoms with Crippen molar-refractivity contribution in [2.75, 3.05) is 14.2 Å². The third-order valence-electron chi connectivity index (χ3n) is 2.80. The van der Waals surface area contributed by atoms with Crippen LogP contribution in [0.15, 0.2) is 24.4 Å². The summed E-state index contributed by atoms with van der Waals surface area (Å²) in [5, 5.41) is 3.17. The molecule has 0 atom stereocenters. The maximum atomic E-state index is 12.3. The summed E-state index contributed by atoms with van der Waals surface area (Å²) in [4.78, 5) is 16.1. The lowest BCUT2D eigenvalue weighted by Gasteiger charge is -2.10. The molecular formula is C15H14F2N2O3S. The number of carbonyl (C=O) groups is 1. The topological polar surface area (TPSA) is 60.5 Å². The van der Waals surface area contributed by atoms with Gasteiger partial charge in [-0.3, -0.25) is 4.79 Å². The molecule has 1 N–H and O–H groups in total. The second kappa shape index (κ2) is 7.68. The number of halogens is 2. The van der Waals surface area contributed by atoms with E-state index < -0.39 is 6.61 Å².